The van der Waals surface area contributed by atoms with Crippen molar-refractivity contribution in [3.63, 3.8) is 0 Å². The Balaban J connectivity index is 1.88. The molecule has 1 aliphatic heterocycles. The second-order valence-electron chi connectivity index (χ2n) is 5.54. The van der Waals surface area contributed by atoms with E-state index in [0.29, 0.717) is 11.8 Å². The van der Waals surface area contributed by atoms with Crippen LogP contribution in [-0.2, 0) is 10.0 Å². The highest BCUT2D eigenvalue weighted by Crippen LogP contribution is 2.35. The molecule has 2 aromatic carbocycles. The number of fused-ring (bicyclic) bond motifs is 1. The number of halogens is 3. The van der Waals surface area contributed by atoms with Gasteiger partial charge in [0.2, 0.25) is 10.0 Å². The van der Waals surface area contributed by atoms with Gasteiger partial charge in [-0.2, -0.15) is 0 Å². The highest BCUT2D eigenvalue weighted by atomic mass is 32.2. The van der Waals surface area contributed by atoms with Gasteiger partial charge >= 0.3 is 0 Å². The van der Waals surface area contributed by atoms with Crippen molar-refractivity contribution in [3.8, 4) is 5.75 Å². The van der Waals surface area contributed by atoms with Crippen molar-refractivity contribution in [3.05, 3.63) is 53.3 Å². The topological polar surface area (TPSA) is 75.7 Å². The fraction of sp³-hybridized carbons (Fsp3) is 0.188. The molecule has 0 fully saturated rings. The molecule has 0 saturated carbocycles. The van der Waals surface area contributed by atoms with Gasteiger partial charge in [0, 0.05) is 11.8 Å². The van der Waals surface area contributed by atoms with E-state index in [-0.39, 0.29) is 24.6 Å². The van der Waals surface area contributed by atoms with Crippen molar-refractivity contribution in [2.45, 2.75) is 0 Å². The number of amides is 1. The van der Waals surface area contributed by atoms with E-state index >= 15 is 0 Å². The van der Waals surface area contributed by atoms with Crippen LogP contribution in [0.1, 0.15) is 10.4 Å². The Morgan fingerprint density at radius 3 is 2.58 bits per heavy atom. The zero-order valence-corrected chi connectivity index (χ0v) is 14.2. The van der Waals surface area contributed by atoms with Gasteiger partial charge < -0.3 is 10.1 Å². The van der Waals surface area contributed by atoms with E-state index in [9.17, 15) is 26.4 Å². The molecule has 138 valence electrons. The average molecular weight is 386 g/mol. The molecule has 0 atom stereocenters. The Bertz CT molecular complexity index is 995. The van der Waals surface area contributed by atoms with E-state index in [1.807, 2.05) is 0 Å². The van der Waals surface area contributed by atoms with Gasteiger partial charge in [0.1, 0.15) is 12.4 Å². The Morgan fingerprint density at radius 1 is 1.15 bits per heavy atom. The van der Waals surface area contributed by atoms with E-state index in [2.05, 4.69) is 5.32 Å². The minimum atomic E-state index is -3.49. The molecule has 6 nitrogen and oxygen atoms in total. The fourth-order valence-electron chi connectivity index (χ4n) is 2.52. The van der Waals surface area contributed by atoms with Crippen LogP contribution in [-0.4, -0.2) is 33.7 Å². The molecule has 0 unspecified atom stereocenters. The molecule has 1 aliphatic rings. The van der Waals surface area contributed by atoms with Gasteiger partial charge in [-0.25, -0.2) is 21.6 Å². The molecule has 1 N–H and O–H groups in total. The first-order valence-corrected chi connectivity index (χ1v) is 9.22. The SMILES string of the molecule is CS(=O)(=O)N1CCOc2cc(NC(=O)c3ccc(F)c(F)c3F)ccc21. The van der Waals surface area contributed by atoms with E-state index in [1.165, 1.54) is 18.2 Å². The maximum Gasteiger partial charge on any atom is 0.258 e. The normalized spacial score (nSPS) is 13.8. The molecule has 1 amide bonds. The van der Waals surface area contributed by atoms with Crippen LogP contribution in [0.2, 0.25) is 0 Å². The minimum absolute atomic E-state index is 0.120. The smallest absolute Gasteiger partial charge is 0.258 e. The van der Waals surface area contributed by atoms with Crippen LogP contribution < -0.4 is 14.4 Å². The summed E-state index contributed by atoms with van der Waals surface area (Å²) >= 11 is 0. The molecular formula is C16H13F3N2O4S. The van der Waals surface area contributed by atoms with Crippen molar-refractivity contribution < 1.29 is 31.1 Å². The van der Waals surface area contributed by atoms with Crippen LogP contribution in [0.3, 0.4) is 0 Å². The van der Waals surface area contributed by atoms with Gasteiger partial charge in [-0.1, -0.05) is 0 Å². The van der Waals surface area contributed by atoms with Gasteiger partial charge in [-0.3, -0.25) is 9.10 Å². The van der Waals surface area contributed by atoms with Crippen LogP contribution in [0.4, 0.5) is 24.5 Å². The highest BCUT2D eigenvalue weighted by molar-refractivity contribution is 7.92. The number of nitrogens with zero attached hydrogens (tertiary/aromatic N) is 1. The van der Waals surface area contributed by atoms with Crippen molar-refractivity contribution in [1.29, 1.82) is 0 Å². The molecule has 10 heteroatoms. The van der Waals surface area contributed by atoms with Crippen LogP contribution in [0.5, 0.6) is 5.75 Å². The van der Waals surface area contributed by atoms with E-state index in [0.717, 1.165) is 16.6 Å². The van der Waals surface area contributed by atoms with Gasteiger partial charge in [0.15, 0.2) is 17.5 Å². The van der Waals surface area contributed by atoms with Gasteiger partial charge in [-0.05, 0) is 24.3 Å². The molecule has 0 saturated heterocycles. The van der Waals surface area contributed by atoms with Crippen molar-refractivity contribution in [2.24, 2.45) is 0 Å². The number of carbonyl (C=O) groups is 1. The second kappa shape index (κ2) is 6.52. The molecule has 3 rings (SSSR count). The predicted molar refractivity (Wildman–Crippen MR) is 88.4 cm³/mol. The molecule has 2 aromatic rings. The van der Waals surface area contributed by atoms with Gasteiger partial charge in [-0.15, -0.1) is 0 Å². The zero-order chi connectivity index (χ0) is 19.1. The summed E-state index contributed by atoms with van der Waals surface area (Å²) in [6, 6.07) is 5.65. The summed E-state index contributed by atoms with van der Waals surface area (Å²) in [5.74, 6) is -5.51. The van der Waals surface area contributed by atoms with Crippen LogP contribution >= 0.6 is 0 Å². The lowest BCUT2D eigenvalue weighted by Gasteiger charge is -2.29. The molecule has 0 aromatic heterocycles. The lowest BCUT2D eigenvalue weighted by Crippen LogP contribution is -2.37. The molecule has 26 heavy (non-hydrogen) atoms. The average Bonchev–Trinajstić information content (AvgIpc) is 2.58. The lowest BCUT2D eigenvalue weighted by molar-refractivity contribution is 0.102. The molecule has 0 aliphatic carbocycles. The lowest BCUT2D eigenvalue weighted by atomic mass is 10.1. The van der Waals surface area contributed by atoms with Crippen molar-refractivity contribution in [2.75, 3.05) is 29.0 Å². The molecule has 0 bridgehead atoms. The number of hydrogen-bond acceptors (Lipinski definition) is 4. The van der Waals surface area contributed by atoms with E-state index in [4.69, 9.17) is 4.74 Å². The quantitative estimate of drug-likeness (QED) is 0.823. The van der Waals surface area contributed by atoms with Crippen molar-refractivity contribution in [1.82, 2.24) is 0 Å². The van der Waals surface area contributed by atoms with Gasteiger partial charge in [0.05, 0.1) is 24.1 Å². The number of anilines is 2. The van der Waals surface area contributed by atoms with Crippen molar-refractivity contribution >= 4 is 27.3 Å². The highest BCUT2D eigenvalue weighted by Gasteiger charge is 2.26. The first kappa shape index (κ1) is 18.1. The second-order valence-corrected chi connectivity index (χ2v) is 7.45. The monoisotopic (exact) mass is 386 g/mol. The summed E-state index contributed by atoms with van der Waals surface area (Å²) in [5.41, 5.74) is -0.190. The minimum Gasteiger partial charge on any atom is -0.489 e. The summed E-state index contributed by atoms with van der Waals surface area (Å²) in [6.45, 7) is 0.271. The number of sulfonamides is 1. The number of benzene rings is 2. The predicted octanol–water partition coefficient (Wildman–Crippen LogP) is 2.51. The Hall–Kier alpha value is -2.75. The number of hydrogen-bond donors (Lipinski definition) is 1. The zero-order valence-electron chi connectivity index (χ0n) is 13.4. The number of nitrogens with one attached hydrogen (secondary N) is 1. The molecular weight excluding hydrogens is 373 g/mol. The third-order valence-corrected chi connectivity index (χ3v) is 4.90. The van der Waals surface area contributed by atoms with Crippen LogP contribution in [0.15, 0.2) is 30.3 Å². The van der Waals surface area contributed by atoms with E-state index in [1.54, 1.807) is 0 Å². The summed E-state index contributed by atoms with van der Waals surface area (Å²) < 4.78 is 70.0. The third-order valence-electron chi connectivity index (χ3n) is 3.72. The first-order valence-electron chi connectivity index (χ1n) is 7.38. The van der Waals surface area contributed by atoms with Crippen LogP contribution in [0.25, 0.3) is 0 Å². The van der Waals surface area contributed by atoms with Gasteiger partial charge in [0.25, 0.3) is 5.91 Å². The summed E-state index contributed by atoms with van der Waals surface area (Å²) in [6.07, 6.45) is 1.06. The number of rotatable bonds is 3. The summed E-state index contributed by atoms with van der Waals surface area (Å²) in [7, 11) is -3.49. The Labute approximate surface area is 147 Å². The maximum atomic E-state index is 13.7. The Morgan fingerprint density at radius 2 is 1.88 bits per heavy atom. The first-order chi connectivity index (χ1) is 12.2. The van der Waals surface area contributed by atoms with E-state index < -0.39 is 38.9 Å². The fourth-order valence-corrected chi connectivity index (χ4v) is 3.43. The molecule has 1 heterocycles. The summed E-state index contributed by atoms with van der Waals surface area (Å²) in [5, 5.41) is 2.33. The largest absolute Gasteiger partial charge is 0.489 e. The summed E-state index contributed by atoms with van der Waals surface area (Å²) in [4.78, 5) is 12.1. The third kappa shape index (κ3) is 3.32. The maximum absolute atomic E-state index is 13.7. The van der Waals surface area contributed by atoms with Crippen LogP contribution in [0, 0.1) is 17.5 Å². The standard InChI is InChI=1S/C16H13F3N2O4S/c1-26(23,24)21-6-7-25-13-8-9(2-5-12(13)21)20-16(22)10-3-4-11(17)15(19)14(10)18/h2-5,8H,6-7H2,1H3,(H,20,22). The Kier molecular flexibility index (Phi) is 4.53. The molecule has 0 spiro atoms. The number of ether oxygens (including phenoxy) is 1. The number of carbonyl (C=O) groups excluding carboxylic acids is 1. The molecule has 0 radical (unpaired) electrons.